The molecule has 0 aliphatic heterocycles. The first-order chi connectivity index (χ1) is 8.13. The van der Waals surface area contributed by atoms with Crippen molar-refractivity contribution in [3.8, 4) is 17.0 Å². The van der Waals surface area contributed by atoms with Gasteiger partial charge < -0.3 is 9.72 Å². The number of benzene rings is 1. The molecular formula is C11H8F2N2O2. The van der Waals surface area contributed by atoms with Crippen molar-refractivity contribution >= 4 is 0 Å². The Bertz CT molecular complexity index is 611. The molecule has 0 aliphatic rings. The van der Waals surface area contributed by atoms with Gasteiger partial charge in [0.25, 0.3) is 0 Å². The molecule has 1 aromatic heterocycles. The first kappa shape index (κ1) is 11.3. The molecule has 0 fully saturated rings. The number of nitrogens with zero attached hydrogens (tertiary/aromatic N) is 1. The Balaban J connectivity index is 2.68. The van der Waals surface area contributed by atoms with Crippen LogP contribution in [0.2, 0.25) is 0 Å². The molecule has 88 valence electrons. The van der Waals surface area contributed by atoms with Crippen molar-refractivity contribution < 1.29 is 13.5 Å². The van der Waals surface area contributed by atoms with Gasteiger partial charge in [-0.2, -0.15) is 4.98 Å². The quantitative estimate of drug-likeness (QED) is 0.866. The van der Waals surface area contributed by atoms with Gasteiger partial charge in [-0.3, -0.25) is 0 Å². The number of aromatic nitrogens is 2. The fraction of sp³-hybridized carbons (Fsp3) is 0.0909. The lowest BCUT2D eigenvalue weighted by Crippen LogP contribution is -2.12. The monoisotopic (exact) mass is 238 g/mol. The summed E-state index contributed by atoms with van der Waals surface area (Å²) in [6.45, 7) is 0. The van der Waals surface area contributed by atoms with Crippen LogP contribution in [0.5, 0.6) is 5.75 Å². The number of ether oxygens (including phenoxy) is 1. The van der Waals surface area contributed by atoms with Gasteiger partial charge in [0.1, 0.15) is 0 Å². The number of methoxy groups -OCH3 is 1. The third-order valence-corrected chi connectivity index (χ3v) is 2.22. The maximum atomic E-state index is 13.8. The maximum absolute atomic E-state index is 13.8. The summed E-state index contributed by atoms with van der Waals surface area (Å²) in [6, 6.07) is 4.23. The van der Waals surface area contributed by atoms with Gasteiger partial charge in [0, 0.05) is 5.56 Å². The lowest BCUT2D eigenvalue weighted by Gasteiger charge is -2.07. The lowest BCUT2D eigenvalue weighted by atomic mass is 10.1. The van der Waals surface area contributed by atoms with Crippen molar-refractivity contribution in [3.63, 3.8) is 0 Å². The number of hydrogen-bond acceptors (Lipinski definition) is 3. The molecule has 17 heavy (non-hydrogen) atoms. The van der Waals surface area contributed by atoms with E-state index in [4.69, 9.17) is 4.74 Å². The maximum Gasteiger partial charge on any atom is 0.345 e. The van der Waals surface area contributed by atoms with Crippen LogP contribution in [0.15, 0.2) is 29.2 Å². The number of H-pyrrole nitrogens is 1. The molecule has 0 bridgehead atoms. The predicted octanol–water partition coefficient (Wildman–Crippen LogP) is 1.72. The van der Waals surface area contributed by atoms with E-state index in [0.717, 1.165) is 6.20 Å². The summed E-state index contributed by atoms with van der Waals surface area (Å²) in [5.41, 5.74) is -1.08. The summed E-state index contributed by atoms with van der Waals surface area (Å²) in [4.78, 5) is 16.3. The molecule has 1 heterocycles. The molecule has 2 aromatic rings. The number of halogens is 2. The van der Waals surface area contributed by atoms with E-state index in [-0.39, 0.29) is 17.0 Å². The van der Waals surface area contributed by atoms with Crippen LogP contribution in [0.25, 0.3) is 11.3 Å². The second-order valence-corrected chi connectivity index (χ2v) is 3.23. The Kier molecular flexibility index (Phi) is 2.86. The molecule has 0 atom stereocenters. The van der Waals surface area contributed by atoms with Crippen LogP contribution in [0.1, 0.15) is 0 Å². The van der Waals surface area contributed by atoms with Crippen molar-refractivity contribution in [2.24, 2.45) is 0 Å². The van der Waals surface area contributed by atoms with Crippen LogP contribution in [-0.2, 0) is 0 Å². The molecule has 1 N–H and O–H groups in total. The van der Waals surface area contributed by atoms with E-state index in [1.165, 1.54) is 25.3 Å². The predicted molar refractivity (Wildman–Crippen MR) is 56.8 cm³/mol. The highest BCUT2D eigenvalue weighted by Crippen LogP contribution is 2.28. The fourth-order valence-electron chi connectivity index (χ4n) is 1.44. The number of hydrogen-bond donors (Lipinski definition) is 1. The smallest absolute Gasteiger partial charge is 0.345 e. The fourth-order valence-corrected chi connectivity index (χ4v) is 1.44. The van der Waals surface area contributed by atoms with Gasteiger partial charge in [-0.05, 0) is 12.1 Å². The zero-order valence-corrected chi connectivity index (χ0v) is 8.83. The van der Waals surface area contributed by atoms with Crippen molar-refractivity contribution in [2.75, 3.05) is 7.11 Å². The summed E-state index contributed by atoms with van der Waals surface area (Å²) in [7, 11) is 1.30. The minimum absolute atomic E-state index is 0.0282. The highest BCUT2D eigenvalue weighted by atomic mass is 19.1. The molecule has 0 saturated carbocycles. The Morgan fingerprint density at radius 2 is 2.12 bits per heavy atom. The second kappa shape index (κ2) is 4.32. The molecule has 0 amide bonds. The molecule has 0 aliphatic carbocycles. The summed E-state index contributed by atoms with van der Waals surface area (Å²) in [5.74, 6) is -1.58. The zero-order valence-electron chi connectivity index (χ0n) is 8.83. The lowest BCUT2D eigenvalue weighted by molar-refractivity contribution is 0.387. The zero-order chi connectivity index (χ0) is 12.4. The average Bonchev–Trinajstić information content (AvgIpc) is 2.33. The summed E-state index contributed by atoms with van der Waals surface area (Å²) in [6.07, 6.45) is 0.743. The molecule has 0 spiro atoms. The van der Waals surface area contributed by atoms with Crippen molar-refractivity contribution in [2.45, 2.75) is 0 Å². The van der Waals surface area contributed by atoms with Crippen LogP contribution in [0, 0.1) is 11.6 Å². The third kappa shape index (κ3) is 2.01. The van der Waals surface area contributed by atoms with E-state index in [2.05, 4.69) is 9.97 Å². The topological polar surface area (TPSA) is 55.0 Å². The van der Waals surface area contributed by atoms with Gasteiger partial charge in [0.15, 0.2) is 17.4 Å². The first-order valence-corrected chi connectivity index (χ1v) is 4.71. The highest BCUT2D eigenvalue weighted by Gasteiger charge is 2.14. The summed E-state index contributed by atoms with van der Waals surface area (Å²) >= 11 is 0. The Labute approximate surface area is 94.9 Å². The third-order valence-electron chi connectivity index (χ3n) is 2.22. The minimum Gasteiger partial charge on any atom is -0.494 e. The average molecular weight is 238 g/mol. The van der Waals surface area contributed by atoms with E-state index in [1.807, 2.05) is 0 Å². The van der Waals surface area contributed by atoms with Crippen molar-refractivity contribution in [1.29, 1.82) is 0 Å². The van der Waals surface area contributed by atoms with Gasteiger partial charge in [0.2, 0.25) is 0 Å². The van der Waals surface area contributed by atoms with Crippen LogP contribution in [-0.4, -0.2) is 17.1 Å². The Morgan fingerprint density at radius 3 is 2.82 bits per heavy atom. The Morgan fingerprint density at radius 1 is 1.35 bits per heavy atom. The molecular weight excluding hydrogens is 230 g/mol. The van der Waals surface area contributed by atoms with Crippen LogP contribution >= 0.6 is 0 Å². The summed E-state index contributed by atoms with van der Waals surface area (Å²) < 4.78 is 32.0. The molecule has 6 heteroatoms. The van der Waals surface area contributed by atoms with Gasteiger partial charge in [0.05, 0.1) is 19.0 Å². The highest BCUT2D eigenvalue weighted by molar-refractivity contribution is 5.62. The van der Waals surface area contributed by atoms with Gasteiger partial charge in [-0.1, -0.05) is 6.07 Å². The van der Waals surface area contributed by atoms with E-state index >= 15 is 0 Å². The number of aromatic amines is 1. The number of rotatable bonds is 2. The van der Waals surface area contributed by atoms with E-state index in [9.17, 15) is 13.6 Å². The molecule has 0 radical (unpaired) electrons. The number of nitrogens with one attached hydrogen (secondary N) is 1. The van der Waals surface area contributed by atoms with Crippen LogP contribution in [0.3, 0.4) is 0 Å². The van der Waals surface area contributed by atoms with Gasteiger partial charge in [-0.15, -0.1) is 0 Å². The molecule has 1 aromatic carbocycles. The van der Waals surface area contributed by atoms with E-state index < -0.39 is 17.3 Å². The standard InChI is InChI=1S/C11H8F2N2O2/c1-17-8-4-2-3-6(9(8)13)10-7(12)5-14-11(16)15-10/h2-5H,1H3,(H,14,15,16). The van der Waals surface area contributed by atoms with Crippen molar-refractivity contribution in [3.05, 3.63) is 46.5 Å². The SMILES string of the molecule is COc1cccc(-c2[nH]c(=O)ncc2F)c1F. The molecule has 4 nitrogen and oxygen atoms in total. The molecule has 2 rings (SSSR count). The van der Waals surface area contributed by atoms with E-state index in [0.29, 0.717) is 0 Å². The Hall–Kier alpha value is -2.24. The van der Waals surface area contributed by atoms with Crippen LogP contribution in [0.4, 0.5) is 8.78 Å². The van der Waals surface area contributed by atoms with E-state index in [1.54, 1.807) is 0 Å². The second-order valence-electron chi connectivity index (χ2n) is 3.23. The van der Waals surface area contributed by atoms with Gasteiger partial charge in [-0.25, -0.2) is 13.6 Å². The van der Waals surface area contributed by atoms with Crippen LogP contribution < -0.4 is 10.4 Å². The minimum atomic E-state index is -0.809. The normalized spacial score (nSPS) is 10.3. The summed E-state index contributed by atoms with van der Waals surface area (Å²) in [5, 5.41) is 0. The van der Waals surface area contributed by atoms with Gasteiger partial charge >= 0.3 is 5.69 Å². The first-order valence-electron chi connectivity index (χ1n) is 4.71. The molecule has 0 unspecified atom stereocenters. The largest absolute Gasteiger partial charge is 0.494 e. The van der Waals surface area contributed by atoms with Crippen molar-refractivity contribution in [1.82, 2.24) is 9.97 Å². The molecule has 0 saturated heterocycles.